The molecule has 0 radical (unpaired) electrons. The first-order chi connectivity index (χ1) is 14.5. The number of hydrogen-bond donors (Lipinski definition) is 0. The standard InChI is InChI=1S/C23H20ClFN4O/c1-15-7-11-29(23-22(24)27-9-10-28-23)14-19(15)17-4-2-16(3-5-17)12-21(30)18-6-8-26-13-20(18)25/h2-6,8-10,13H,7,11-12,14H2,1H3. The van der Waals surface area contributed by atoms with E-state index in [-0.39, 0.29) is 17.8 Å². The van der Waals surface area contributed by atoms with Crippen LogP contribution in [0.2, 0.25) is 5.15 Å². The lowest BCUT2D eigenvalue weighted by Gasteiger charge is -2.31. The van der Waals surface area contributed by atoms with Crippen molar-refractivity contribution in [2.24, 2.45) is 0 Å². The first-order valence-electron chi connectivity index (χ1n) is 9.65. The van der Waals surface area contributed by atoms with Crippen LogP contribution in [-0.2, 0) is 6.42 Å². The van der Waals surface area contributed by atoms with Crippen LogP contribution in [0, 0.1) is 5.82 Å². The van der Waals surface area contributed by atoms with E-state index in [4.69, 9.17) is 11.6 Å². The monoisotopic (exact) mass is 422 g/mol. The summed E-state index contributed by atoms with van der Waals surface area (Å²) in [6.07, 6.45) is 6.75. The van der Waals surface area contributed by atoms with Crippen LogP contribution < -0.4 is 4.90 Å². The van der Waals surface area contributed by atoms with E-state index in [1.54, 1.807) is 12.4 Å². The highest BCUT2D eigenvalue weighted by Crippen LogP contribution is 2.31. The van der Waals surface area contributed by atoms with Gasteiger partial charge in [0.25, 0.3) is 0 Å². The topological polar surface area (TPSA) is 59.0 Å². The van der Waals surface area contributed by atoms with Gasteiger partial charge in [-0.15, -0.1) is 0 Å². The summed E-state index contributed by atoms with van der Waals surface area (Å²) >= 11 is 6.22. The van der Waals surface area contributed by atoms with Crippen LogP contribution in [-0.4, -0.2) is 33.8 Å². The van der Waals surface area contributed by atoms with E-state index in [2.05, 4.69) is 26.8 Å². The third-order valence-corrected chi connectivity index (χ3v) is 5.56. The van der Waals surface area contributed by atoms with Crippen molar-refractivity contribution in [1.29, 1.82) is 0 Å². The molecule has 1 aliphatic heterocycles. The van der Waals surface area contributed by atoms with Crippen LogP contribution >= 0.6 is 11.6 Å². The van der Waals surface area contributed by atoms with Gasteiger partial charge in [-0.25, -0.2) is 14.4 Å². The molecule has 152 valence electrons. The van der Waals surface area contributed by atoms with Gasteiger partial charge in [0.05, 0.1) is 11.8 Å². The molecule has 0 aliphatic carbocycles. The largest absolute Gasteiger partial charge is 0.349 e. The Hall–Kier alpha value is -3.12. The highest BCUT2D eigenvalue weighted by atomic mass is 35.5. The Labute approximate surface area is 179 Å². The first-order valence-corrected chi connectivity index (χ1v) is 10.0. The molecule has 4 rings (SSSR count). The van der Waals surface area contributed by atoms with Crippen molar-refractivity contribution >= 4 is 28.8 Å². The molecule has 30 heavy (non-hydrogen) atoms. The molecule has 0 saturated heterocycles. The molecule has 0 amide bonds. The molecule has 0 atom stereocenters. The molecular formula is C23H20ClFN4O. The number of ketones is 1. The zero-order valence-corrected chi connectivity index (χ0v) is 17.2. The Balaban J connectivity index is 1.51. The van der Waals surface area contributed by atoms with Gasteiger partial charge in [0, 0.05) is 38.1 Å². The van der Waals surface area contributed by atoms with Crippen molar-refractivity contribution in [2.45, 2.75) is 19.8 Å². The molecule has 0 bridgehead atoms. The number of rotatable bonds is 5. The van der Waals surface area contributed by atoms with Crippen molar-refractivity contribution < 1.29 is 9.18 Å². The zero-order valence-electron chi connectivity index (χ0n) is 16.5. The molecule has 3 heterocycles. The molecule has 1 aliphatic rings. The second kappa shape index (κ2) is 8.71. The predicted octanol–water partition coefficient (Wildman–Crippen LogP) is 4.77. The molecule has 7 heteroatoms. The van der Waals surface area contributed by atoms with Crippen LogP contribution in [0.5, 0.6) is 0 Å². The van der Waals surface area contributed by atoms with Crippen molar-refractivity contribution in [1.82, 2.24) is 15.0 Å². The number of anilines is 1. The van der Waals surface area contributed by atoms with E-state index in [0.717, 1.165) is 30.3 Å². The lowest BCUT2D eigenvalue weighted by Crippen LogP contribution is -2.31. The van der Waals surface area contributed by atoms with Crippen molar-refractivity contribution in [2.75, 3.05) is 18.0 Å². The van der Waals surface area contributed by atoms with Gasteiger partial charge < -0.3 is 4.90 Å². The number of pyridine rings is 1. The Bertz CT molecular complexity index is 1110. The fraction of sp³-hybridized carbons (Fsp3) is 0.217. The molecule has 0 spiro atoms. The van der Waals surface area contributed by atoms with Crippen LogP contribution in [0.15, 0.2) is 60.7 Å². The summed E-state index contributed by atoms with van der Waals surface area (Å²) in [6.45, 7) is 3.65. The molecule has 0 N–H and O–H groups in total. The summed E-state index contributed by atoms with van der Waals surface area (Å²) in [5.41, 5.74) is 4.51. The highest BCUT2D eigenvalue weighted by molar-refractivity contribution is 6.31. The maximum Gasteiger partial charge on any atom is 0.171 e. The highest BCUT2D eigenvalue weighted by Gasteiger charge is 2.21. The average molecular weight is 423 g/mol. The van der Waals surface area contributed by atoms with Crippen LogP contribution in [0.3, 0.4) is 0 Å². The predicted molar refractivity (Wildman–Crippen MR) is 115 cm³/mol. The minimum absolute atomic E-state index is 0.0661. The van der Waals surface area contributed by atoms with Gasteiger partial charge in [0.15, 0.2) is 22.6 Å². The summed E-state index contributed by atoms with van der Waals surface area (Å²) in [6, 6.07) is 9.26. The molecule has 0 saturated carbocycles. The zero-order chi connectivity index (χ0) is 21.1. The average Bonchev–Trinajstić information content (AvgIpc) is 2.75. The summed E-state index contributed by atoms with van der Waals surface area (Å²) < 4.78 is 13.8. The van der Waals surface area contributed by atoms with Crippen molar-refractivity contribution in [3.63, 3.8) is 0 Å². The first kappa shape index (κ1) is 20.2. The summed E-state index contributed by atoms with van der Waals surface area (Å²) in [5.74, 6) is -0.171. The maximum absolute atomic E-state index is 13.8. The molecule has 1 aromatic carbocycles. The smallest absolute Gasteiger partial charge is 0.171 e. The SMILES string of the molecule is CC1=C(c2ccc(CC(=O)c3ccncc3F)cc2)CN(c2nccnc2Cl)CC1. The number of carbonyl (C=O) groups is 1. The van der Waals surface area contributed by atoms with E-state index in [1.165, 1.54) is 23.4 Å². The number of Topliss-reactive ketones (excluding diaryl/α,β-unsaturated/α-hetero) is 1. The van der Waals surface area contributed by atoms with E-state index in [0.29, 0.717) is 17.5 Å². The Morgan fingerprint density at radius 1 is 1.13 bits per heavy atom. The number of aromatic nitrogens is 3. The van der Waals surface area contributed by atoms with Gasteiger partial charge in [0.2, 0.25) is 0 Å². The number of hydrogen-bond acceptors (Lipinski definition) is 5. The normalized spacial score (nSPS) is 14.2. The van der Waals surface area contributed by atoms with E-state index >= 15 is 0 Å². The van der Waals surface area contributed by atoms with E-state index in [1.807, 2.05) is 24.3 Å². The number of benzene rings is 1. The summed E-state index contributed by atoms with van der Waals surface area (Å²) in [5, 5.41) is 0.397. The van der Waals surface area contributed by atoms with E-state index in [9.17, 15) is 9.18 Å². The molecule has 3 aromatic rings. The lowest BCUT2D eigenvalue weighted by atomic mass is 9.93. The quantitative estimate of drug-likeness (QED) is 0.554. The molecule has 2 aromatic heterocycles. The number of carbonyl (C=O) groups excluding carboxylic acids is 1. The molecule has 0 fully saturated rings. The van der Waals surface area contributed by atoms with Crippen molar-refractivity contribution in [3.8, 4) is 0 Å². The maximum atomic E-state index is 13.8. The van der Waals surface area contributed by atoms with Gasteiger partial charge in [-0.05, 0) is 36.1 Å². The third kappa shape index (κ3) is 4.24. The van der Waals surface area contributed by atoms with E-state index < -0.39 is 5.82 Å². The molecule has 5 nitrogen and oxygen atoms in total. The fourth-order valence-electron chi connectivity index (χ4n) is 3.61. The summed E-state index contributed by atoms with van der Waals surface area (Å²) in [4.78, 5) is 26.7. The second-order valence-electron chi connectivity index (χ2n) is 7.25. The van der Waals surface area contributed by atoms with Gasteiger partial charge in [0.1, 0.15) is 0 Å². The van der Waals surface area contributed by atoms with Crippen LogP contribution in [0.4, 0.5) is 10.2 Å². The molecule has 0 unspecified atom stereocenters. The summed E-state index contributed by atoms with van der Waals surface area (Å²) in [7, 11) is 0. The Morgan fingerprint density at radius 2 is 1.90 bits per heavy atom. The Morgan fingerprint density at radius 3 is 2.63 bits per heavy atom. The van der Waals surface area contributed by atoms with Crippen LogP contribution in [0.1, 0.15) is 34.8 Å². The fourth-order valence-corrected chi connectivity index (χ4v) is 3.83. The number of halogens is 2. The van der Waals surface area contributed by atoms with Gasteiger partial charge in [-0.2, -0.15) is 0 Å². The molecular weight excluding hydrogens is 403 g/mol. The Kier molecular flexibility index (Phi) is 5.86. The van der Waals surface area contributed by atoms with Crippen molar-refractivity contribution in [3.05, 3.63) is 88.4 Å². The van der Waals surface area contributed by atoms with Gasteiger partial charge in [-0.3, -0.25) is 9.78 Å². The third-order valence-electron chi connectivity index (χ3n) is 5.30. The van der Waals surface area contributed by atoms with Gasteiger partial charge >= 0.3 is 0 Å². The lowest BCUT2D eigenvalue weighted by molar-refractivity contribution is 0.0989. The minimum Gasteiger partial charge on any atom is -0.349 e. The second-order valence-corrected chi connectivity index (χ2v) is 7.61. The van der Waals surface area contributed by atoms with Crippen LogP contribution in [0.25, 0.3) is 5.57 Å². The number of nitrogens with zero attached hydrogens (tertiary/aromatic N) is 4. The van der Waals surface area contributed by atoms with Gasteiger partial charge in [-0.1, -0.05) is 41.4 Å². The minimum atomic E-state index is -0.593.